The van der Waals surface area contributed by atoms with Gasteiger partial charge in [-0.05, 0) is 31.6 Å². The van der Waals surface area contributed by atoms with E-state index in [0.717, 1.165) is 96.3 Å². The Balaban J connectivity index is 5.24. The number of phosphoric ester groups is 2. The van der Waals surface area contributed by atoms with Crippen molar-refractivity contribution in [3.63, 3.8) is 0 Å². The van der Waals surface area contributed by atoms with Gasteiger partial charge in [-0.1, -0.05) is 330 Å². The zero-order chi connectivity index (χ0) is 67.7. The molecule has 0 saturated carbocycles. The van der Waals surface area contributed by atoms with Gasteiger partial charge < -0.3 is 33.8 Å². The van der Waals surface area contributed by atoms with Crippen LogP contribution in [0.1, 0.15) is 381 Å². The summed E-state index contributed by atoms with van der Waals surface area (Å²) in [6, 6.07) is 0. The molecule has 2 unspecified atom stereocenters. The lowest BCUT2D eigenvalue weighted by Gasteiger charge is -2.21. The van der Waals surface area contributed by atoms with Crippen molar-refractivity contribution < 1.29 is 80.2 Å². The van der Waals surface area contributed by atoms with E-state index in [9.17, 15) is 43.2 Å². The third-order valence-electron chi connectivity index (χ3n) is 17.0. The first-order valence-corrected chi connectivity index (χ1v) is 41.1. The number of esters is 4. The van der Waals surface area contributed by atoms with Crippen molar-refractivity contribution in [2.75, 3.05) is 39.6 Å². The number of carbonyl (C=O) groups is 4. The number of hydrogen-bond acceptors (Lipinski definition) is 15. The molecule has 0 fully saturated rings. The van der Waals surface area contributed by atoms with E-state index >= 15 is 0 Å². The number of hydrogen-bond donors (Lipinski definition) is 3. The van der Waals surface area contributed by atoms with Crippen LogP contribution in [0, 0.1) is 5.92 Å². The number of aliphatic hydroxyl groups is 1. The van der Waals surface area contributed by atoms with Gasteiger partial charge in [0, 0.05) is 25.7 Å². The second-order valence-corrected chi connectivity index (χ2v) is 29.7. The van der Waals surface area contributed by atoms with Crippen molar-refractivity contribution in [1.29, 1.82) is 0 Å². The number of unbranched alkanes of at least 4 members (excludes halogenated alkanes) is 45. The van der Waals surface area contributed by atoms with Gasteiger partial charge in [0.2, 0.25) is 0 Å². The fourth-order valence-corrected chi connectivity index (χ4v) is 12.8. The molecule has 0 aromatic carbocycles. The molecule has 0 aromatic heterocycles. The predicted octanol–water partition coefficient (Wildman–Crippen LogP) is 21.3. The lowest BCUT2D eigenvalue weighted by Crippen LogP contribution is -2.30. The van der Waals surface area contributed by atoms with Gasteiger partial charge in [-0.3, -0.25) is 37.3 Å². The molecule has 0 amide bonds. The van der Waals surface area contributed by atoms with E-state index in [0.29, 0.717) is 31.6 Å². The van der Waals surface area contributed by atoms with Crippen molar-refractivity contribution in [3.8, 4) is 0 Å². The zero-order valence-corrected chi connectivity index (χ0v) is 61.5. The predicted molar refractivity (Wildman–Crippen MR) is 372 cm³/mol. The molecule has 19 heteroatoms. The summed E-state index contributed by atoms with van der Waals surface area (Å²) in [4.78, 5) is 72.7. The number of phosphoric acid groups is 2. The van der Waals surface area contributed by atoms with Gasteiger partial charge in [-0.2, -0.15) is 0 Å². The normalized spacial score (nSPS) is 14.0. The van der Waals surface area contributed by atoms with Crippen LogP contribution in [-0.2, 0) is 65.4 Å². The molecule has 546 valence electrons. The van der Waals surface area contributed by atoms with E-state index in [-0.39, 0.29) is 25.7 Å². The van der Waals surface area contributed by atoms with Gasteiger partial charge in [0.1, 0.15) is 19.3 Å². The van der Waals surface area contributed by atoms with E-state index in [1.165, 1.54) is 199 Å². The lowest BCUT2D eigenvalue weighted by molar-refractivity contribution is -0.161. The number of rotatable bonds is 73. The van der Waals surface area contributed by atoms with Gasteiger partial charge in [-0.25, -0.2) is 9.13 Å². The quantitative estimate of drug-likeness (QED) is 0.0222. The third-order valence-corrected chi connectivity index (χ3v) is 18.9. The van der Waals surface area contributed by atoms with Crippen molar-refractivity contribution in [3.05, 3.63) is 0 Å². The number of aliphatic hydroxyl groups excluding tert-OH is 1. The Bertz CT molecular complexity index is 1770. The maximum absolute atomic E-state index is 13.1. The Hall–Kier alpha value is -1.94. The third kappa shape index (κ3) is 66.7. The van der Waals surface area contributed by atoms with E-state index in [4.69, 9.17) is 37.0 Å². The van der Waals surface area contributed by atoms with Gasteiger partial charge in [0.05, 0.1) is 26.4 Å². The first-order chi connectivity index (χ1) is 44.5. The maximum atomic E-state index is 13.1. The number of ether oxygens (including phenoxy) is 4. The van der Waals surface area contributed by atoms with Crippen LogP contribution in [0.25, 0.3) is 0 Å². The van der Waals surface area contributed by atoms with Crippen molar-refractivity contribution in [1.82, 2.24) is 0 Å². The minimum Gasteiger partial charge on any atom is -0.462 e. The molecule has 0 aromatic rings. The van der Waals surface area contributed by atoms with Crippen LogP contribution in [0.15, 0.2) is 0 Å². The maximum Gasteiger partial charge on any atom is 0.472 e. The van der Waals surface area contributed by atoms with Crippen LogP contribution in [0.3, 0.4) is 0 Å². The summed E-state index contributed by atoms with van der Waals surface area (Å²) in [5.74, 6) is -1.41. The summed E-state index contributed by atoms with van der Waals surface area (Å²) in [6.45, 7) is 7.22. The highest BCUT2D eigenvalue weighted by Gasteiger charge is 2.30. The molecule has 0 aliphatic rings. The SMILES string of the molecule is CCCCCCCCCCCCCCCCCCC(=O)O[C@H](COC(=O)CCCCCCCCCCCCCCCC)COP(=O)(O)OC[C@@H](O)COP(=O)(O)OC[C@@H](COC(=O)CCCCCCCCCC(C)C)OC(=O)CCCCCCCCCCCCCC. The van der Waals surface area contributed by atoms with E-state index in [1.807, 2.05) is 0 Å². The molecule has 5 atom stereocenters. The molecule has 3 N–H and O–H groups in total. The first kappa shape index (κ1) is 90.1. The summed E-state index contributed by atoms with van der Waals surface area (Å²) in [5.41, 5.74) is 0. The van der Waals surface area contributed by atoms with Crippen LogP contribution >= 0.6 is 15.6 Å². The molecule has 92 heavy (non-hydrogen) atoms. The van der Waals surface area contributed by atoms with E-state index < -0.39 is 97.5 Å². The second kappa shape index (κ2) is 66.3. The van der Waals surface area contributed by atoms with Gasteiger partial charge in [0.25, 0.3) is 0 Å². The smallest absolute Gasteiger partial charge is 0.462 e. The molecular weight excluding hydrogens is 1210 g/mol. The minimum absolute atomic E-state index is 0.107. The lowest BCUT2D eigenvalue weighted by atomic mass is 10.0. The molecule has 0 aliphatic carbocycles. The van der Waals surface area contributed by atoms with Crippen molar-refractivity contribution in [2.24, 2.45) is 5.92 Å². The Labute approximate surface area is 562 Å². The van der Waals surface area contributed by atoms with Gasteiger partial charge >= 0.3 is 39.5 Å². The molecule has 0 heterocycles. The van der Waals surface area contributed by atoms with Gasteiger partial charge in [-0.15, -0.1) is 0 Å². The Morgan fingerprint density at radius 1 is 0.293 bits per heavy atom. The van der Waals surface area contributed by atoms with Crippen LogP contribution in [-0.4, -0.2) is 96.7 Å². The fraction of sp³-hybridized carbons (Fsp3) is 0.945. The van der Waals surface area contributed by atoms with Crippen molar-refractivity contribution in [2.45, 2.75) is 400 Å². The topological polar surface area (TPSA) is 237 Å². The summed E-state index contributed by atoms with van der Waals surface area (Å²) in [6.07, 6.45) is 54.0. The summed E-state index contributed by atoms with van der Waals surface area (Å²) >= 11 is 0. The number of carbonyl (C=O) groups excluding carboxylic acids is 4. The molecular formula is C73H142O17P2. The molecule has 0 aliphatic heterocycles. The van der Waals surface area contributed by atoms with Crippen LogP contribution in [0.5, 0.6) is 0 Å². The molecule has 0 rings (SSSR count). The first-order valence-electron chi connectivity index (χ1n) is 38.1. The van der Waals surface area contributed by atoms with E-state index in [2.05, 4.69) is 34.6 Å². The van der Waals surface area contributed by atoms with Gasteiger partial charge in [0.15, 0.2) is 12.2 Å². The zero-order valence-electron chi connectivity index (χ0n) is 59.7. The standard InChI is InChI=1S/C73H142O17P2/c1-6-9-12-15-18-21-24-27-29-30-32-35-38-43-49-54-59-73(78)89-68(62-83-70(75)56-51-46-41-36-34-31-28-25-22-19-16-13-10-7-2)64-87-91(79,80)85-60-67(74)61-86-92(81,82)88-65-69(63-84-71(76)57-52-47-44-39-40-45-50-55-66(4)5)90-72(77)58-53-48-42-37-33-26-23-20-17-14-11-8-3/h66-69,74H,6-65H2,1-5H3,(H,79,80)(H,81,82)/t67-,68-,69-/m1/s1. The molecule has 17 nitrogen and oxygen atoms in total. The monoisotopic (exact) mass is 1350 g/mol. The molecule has 0 spiro atoms. The average molecular weight is 1350 g/mol. The van der Waals surface area contributed by atoms with Crippen LogP contribution in [0.2, 0.25) is 0 Å². The highest BCUT2D eigenvalue weighted by atomic mass is 31.2. The van der Waals surface area contributed by atoms with Crippen LogP contribution in [0.4, 0.5) is 0 Å². The largest absolute Gasteiger partial charge is 0.472 e. The summed E-state index contributed by atoms with van der Waals surface area (Å²) < 4.78 is 68.4. The highest BCUT2D eigenvalue weighted by Crippen LogP contribution is 2.45. The van der Waals surface area contributed by atoms with E-state index in [1.54, 1.807) is 0 Å². The second-order valence-electron chi connectivity index (χ2n) is 26.8. The molecule has 0 radical (unpaired) electrons. The highest BCUT2D eigenvalue weighted by molar-refractivity contribution is 7.47. The average Bonchev–Trinajstić information content (AvgIpc) is 2.14. The Morgan fingerprint density at radius 2 is 0.500 bits per heavy atom. The minimum atomic E-state index is -4.95. The Morgan fingerprint density at radius 3 is 0.739 bits per heavy atom. The molecule has 0 saturated heterocycles. The summed E-state index contributed by atoms with van der Waals surface area (Å²) in [7, 11) is -9.90. The Kier molecular flexibility index (Phi) is 64.9. The summed E-state index contributed by atoms with van der Waals surface area (Å²) in [5, 5.41) is 10.6. The van der Waals surface area contributed by atoms with Crippen molar-refractivity contribution >= 4 is 39.5 Å². The van der Waals surface area contributed by atoms with Crippen LogP contribution < -0.4 is 0 Å². The fourth-order valence-electron chi connectivity index (χ4n) is 11.2. The molecule has 0 bridgehead atoms.